The van der Waals surface area contributed by atoms with E-state index >= 15 is 0 Å². The number of anilines is 1. The van der Waals surface area contributed by atoms with E-state index in [4.69, 9.17) is 17.3 Å². The van der Waals surface area contributed by atoms with Crippen LogP contribution < -0.4 is 10.5 Å². The Morgan fingerprint density at radius 3 is 2.70 bits per heavy atom. The van der Waals surface area contributed by atoms with Crippen molar-refractivity contribution in [2.24, 2.45) is 5.73 Å². The molecule has 1 aromatic carbocycles. The Morgan fingerprint density at radius 2 is 2.05 bits per heavy atom. The van der Waals surface area contributed by atoms with E-state index in [9.17, 15) is 8.42 Å². The number of nitrogens with one attached hydrogen (secondary N) is 1. The number of benzene rings is 1. The van der Waals surface area contributed by atoms with Crippen LogP contribution in [0.4, 0.5) is 5.13 Å². The summed E-state index contributed by atoms with van der Waals surface area (Å²) in [6.45, 7) is 0.240. The topological polar surface area (TPSA) is 85.1 Å². The van der Waals surface area contributed by atoms with Crippen molar-refractivity contribution >= 4 is 38.1 Å². The van der Waals surface area contributed by atoms with Crippen LogP contribution >= 0.6 is 22.9 Å². The van der Waals surface area contributed by atoms with Gasteiger partial charge in [0.1, 0.15) is 0 Å². The summed E-state index contributed by atoms with van der Waals surface area (Å²) in [4.78, 5) is 4.72. The molecule has 0 radical (unpaired) electrons. The molecule has 1 heterocycles. The molecule has 0 aliphatic rings. The first kappa shape index (κ1) is 14.8. The van der Waals surface area contributed by atoms with E-state index in [1.807, 2.05) is 0 Å². The van der Waals surface area contributed by atoms with Gasteiger partial charge in [0.2, 0.25) is 0 Å². The predicted octanol–water partition coefficient (Wildman–Crippen LogP) is 1.91. The van der Waals surface area contributed by atoms with Crippen molar-refractivity contribution in [1.29, 1.82) is 0 Å². The molecule has 0 spiro atoms. The SMILES string of the molecule is NCC#Cc1cnc(NS(=O)(=O)c2ccc(Cl)cc2)s1. The molecule has 0 bridgehead atoms. The summed E-state index contributed by atoms with van der Waals surface area (Å²) in [6, 6.07) is 5.87. The number of hydrogen-bond donors (Lipinski definition) is 2. The largest absolute Gasteiger partial charge is 0.320 e. The highest BCUT2D eigenvalue weighted by atomic mass is 35.5. The van der Waals surface area contributed by atoms with Gasteiger partial charge >= 0.3 is 0 Å². The van der Waals surface area contributed by atoms with Crippen molar-refractivity contribution in [3.05, 3.63) is 40.4 Å². The summed E-state index contributed by atoms with van der Waals surface area (Å²) in [5.41, 5.74) is 5.26. The Kier molecular flexibility index (Phi) is 4.62. The summed E-state index contributed by atoms with van der Waals surface area (Å²) < 4.78 is 26.6. The van der Waals surface area contributed by atoms with Crippen molar-refractivity contribution in [2.75, 3.05) is 11.3 Å². The third-order valence-electron chi connectivity index (χ3n) is 2.16. The maximum absolute atomic E-state index is 12.1. The van der Waals surface area contributed by atoms with Crippen LogP contribution in [0.1, 0.15) is 4.88 Å². The highest BCUT2D eigenvalue weighted by Crippen LogP contribution is 2.22. The quantitative estimate of drug-likeness (QED) is 0.843. The first-order valence-corrected chi connectivity index (χ1v) is 8.12. The molecule has 104 valence electrons. The second-order valence-electron chi connectivity index (χ2n) is 3.59. The van der Waals surface area contributed by atoms with E-state index in [0.29, 0.717) is 9.90 Å². The zero-order chi connectivity index (χ0) is 14.6. The Morgan fingerprint density at radius 1 is 1.35 bits per heavy atom. The summed E-state index contributed by atoms with van der Waals surface area (Å²) in [5, 5.41) is 0.721. The number of sulfonamides is 1. The summed E-state index contributed by atoms with van der Waals surface area (Å²) >= 11 is 6.86. The molecule has 0 saturated carbocycles. The Bertz CT molecular complexity index is 758. The molecule has 0 saturated heterocycles. The van der Waals surface area contributed by atoms with Crippen LogP contribution in [0.5, 0.6) is 0 Å². The van der Waals surface area contributed by atoms with Crippen molar-refractivity contribution in [1.82, 2.24) is 4.98 Å². The zero-order valence-electron chi connectivity index (χ0n) is 10.1. The maximum Gasteiger partial charge on any atom is 0.263 e. The van der Waals surface area contributed by atoms with Gasteiger partial charge in [-0.15, -0.1) is 0 Å². The molecule has 0 aliphatic carbocycles. The molecule has 2 aromatic rings. The number of halogens is 1. The van der Waals surface area contributed by atoms with Crippen LogP contribution in [0.2, 0.25) is 5.02 Å². The van der Waals surface area contributed by atoms with Gasteiger partial charge in [-0.2, -0.15) is 0 Å². The summed E-state index contributed by atoms with van der Waals surface area (Å²) in [6.07, 6.45) is 1.49. The zero-order valence-corrected chi connectivity index (χ0v) is 12.5. The molecule has 20 heavy (non-hydrogen) atoms. The second-order valence-corrected chi connectivity index (χ2v) is 6.74. The Hall–Kier alpha value is -1.59. The molecule has 0 fully saturated rings. The van der Waals surface area contributed by atoms with Crippen LogP contribution in [-0.2, 0) is 10.0 Å². The van der Waals surface area contributed by atoms with E-state index in [1.54, 1.807) is 0 Å². The molecular formula is C12H10ClN3O2S2. The van der Waals surface area contributed by atoms with Crippen molar-refractivity contribution in [3.8, 4) is 11.8 Å². The molecule has 3 N–H and O–H groups in total. The van der Waals surface area contributed by atoms with Crippen molar-refractivity contribution < 1.29 is 8.42 Å². The lowest BCUT2D eigenvalue weighted by Gasteiger charge is -2.04. The van der Waals surface area contributed by atoms with Gasteiger partial charge in [0.15, 0.2) is 5.13 Å². The third kappa shape index (κ3) is 3.71. The van der Waals surface area contributed by atoms with E-state index in [0.717, 1.165) is 11.3 Å². The summed E-state index contributed by atoms with van der Waals surface area (Å²) in [5.74, 6) is 5.46. The first-order chi connectivity index (χ1) is 9.51. The van der Waals surface area contributed by atoms with Crippen molar-refractivity contribution in [3.63, 3.8) is 0 Å². The minimum atomic E-state index is -3.67. The molecule has 0 unspecified atom stereocenters. The van der Waals surface area contributed by atoms with Gasteiger partial charge in [-0.1, -0.05) is 34.8 Å². The second kappa shape index (κ2) is 6.24. The highest BCUT2D eigenvalue weighted by Gasteiger charge is 2.15. The van der Waals surface area contributed by atoms with Gasteiger partial charge in [0.05, 0.1) is 22.5 Å². The standard InChI is InChI=1S/C12H10ClN3O2S2/c13-9-3-5-11(6-4-9)20(17,18)16-12-15-8-10(19-12)2-1-7-14/h3-6,8H,7,14H2,(H,15,16). The van der Waals surface area contributed by atoms with E-state index in [-0.39, 0.29) is 16.6 Å². The van der Waals surface area contributed by atoms with Gasteiger partial charge < -0.3 is 5.73 Å². The smallest absolute Gasteiger partial charge is 0.263 e. The maximum atomic E-state index is 12.1. The predicted molar refractivity (Wildman–Crippen MR) is 80.3 cm³/mol. The van der Waals surface area contributed by atoms with Gasteiger partial charge in [-0.3, -0.25) is 4.72 Å². The minimum absolute atomic E-state index is 0.117. The molecule has 0 aliphatic heterocycles. The molecular weight excluding hydrogens is 318 g/mol. The van der Waals surface area contributed by atoms with Crippen LogP contribution in [0, 0.1) is 11.8 Å². The lowest BCUT2D eigenvalue weighted by atomic mass is 10.4. The van der Waals surface area contributed by atoms with Crippen LogP contribution in [0.3, 0.4) is 0 Å². The molecule has 8 heteroatoms. The minimum Gasteiger partial charge on any atom is -0.320 e. The molecule has 5 nitrogen and oxygen atoms in total. The Labute approximate surface area is 125 Å². The number of hydrogen-bond acceptors (Lipinski definition) is 5. The normalized spacial score (nSPS) is 10.7. The molecule has 2 rings (SSSR count). The number of aromatic nitrogens is 1. The van der Waals surface area contributed by atoms with Gasteiger partial charge in [-0.25, -0.2) is 13.4 Å². The Balaban J connectivity index is 2.20. The molecule has 1 aromatic heterocycles. The number of rotatable bonds is 3. The lowest BCUT2D eigenvalue weighted by Crippen LogP contribution is -2.12. The first-order valence-electron chi connectivity index (χ1n) is 5.44. The monoisotopic (exact) mass is 327 g/mol. The third-order valence-corrected chi connectivity index (χ3v) is 4.73. The lowest BCUT2D eigenvalue weighted by molar-refractivity contribution is 0.601. The van der Waals surface area contributed by atoms with E-state index < -0.39 is 10.0 Å². The van der Waals surface area contributed by atoms with Crippen LogP contribution in [-0.4, -0.2) is 19.9 Å². The van der Waals surface area contributed by atoms with Crippen LogP contribution in [0.15, 0.2) is 35.4 Å². The molecule has 0 atom stereocenters. The number of nitrogens with two attached hydrogens (primary N) is 1. The van der Waals surface area contributed by atoms with E-state index in [1.165, 1.54) is 30.5 Å². The summed E-state index contributed by atoms with van der Waals surface area (Å²) in [7, 11) is -3.67. The van der Waals surface area contributed by atoms with Gasteiger partial charge in [-0.05, 0) is 24.3 Å². The fourth-order valence-corrected chi connectivity index (χ4v) is 3.36. The fourth-order valence-electron chi connectivity index (χ4n) is 1.30. The molecule has 0 amide bonds. The van der Waals surface area contributed by atoms with Crippen LogP contribution in [0.25, 0.3) is 0 Å². The van der Waals surface area contributed by atoms with Gasteiger partial charge in [0, 0.05) is 5.02 Å². The number of nitrogens with zero attached hydrogens (tertiary/aromatic N) is 1. The average molecular weight is 328 g/mol. The van der Waals surface area contributed by atoms with E-state index in [2.05, 4.69) is 21.5 Å². The average Bonchev–Trinajstić information content (AvgIpc) is 2.83. The highest BCUT2D eigenvalue weighted by molar-refractivity contribution is 7.93. The van der Waals surface area contributed by atoms with Crippen molar-refractivity contribution in [2.45, 2.75) is 4.90 Å². The number of thiazole rings is 1. The van der Waals surface area contributed by atoms with Gasteiger partial charge in [0.25, 0.3) is 10.0 Å². The fraction of sp³-hybridized carbons (Fsp3) is 0.0833.